The number of carbonyl (C=O) groups excluding carboxylic acids is 4. The van der Waals surface area contributed by atoms with Crippen molar-refractivity contribution in [2.75, 3.05) is 13.1 Å². The summed E-state index contributed by atoms with van der Waals surface area (Å²) in [6.07, 6.45) is 1.05. The monoisotopic (exact) mass is 310 g/mol. The molecule has 8 heteroatoms. The van der Waals surface area contributed by atoms with E-state index in [2.05, 4.69) is 5.32 Å². The highest BCUT2D eigenvalue weighted by Crippen LogP contribution is 2.23. The lowest BCUT2D eigenvalue weighted by Gasteiger charge is -2.36. The van der Waals surface area contributed by atoms with Gasteiger partial charge in [0, 0.05) is 19.9 Å². The minimum absolute atomic E-state index is 0.161. The lowest BCUT2D eigenvalue weighted by Crippen LogP contribution is -2.56. The van der Waals surface area contributed by atoms with E-state index >= 15 is 0 Å². The average molecular weight is 310 g/mol. The zero-order valence-corrected chi connectivity index (χ0v) is 13.4. The molecule has 0 bridgehead atoms. The third kappa shape index (κ3) is 2.77. The van der Waals surface area contributed by atoms with Gasteiger partial charge in [-0.15, -0.1) is 0 Å². The van der Waals surface area contributed by atoms with E-state index in [-0.39, 0.29) is 30.2 Å². The van der Waals surface area contributed by atoms with Crippen LogP contribution in [0.25, 0.3) is 0 Å². The standard InChI is InChI=1S/C14H22N4O4/c1-9-13(22)15-14(3,4)18(9)12(21)8-17(10(2)19)16-7-5-6-11(16)20/h9H,5-8H2,1-4H3,(H,15,22). The predicted molar refractivity (Wildman–Crippen MR) is 76.9 cm³/mol. The van der Waals surface area contributed by atoms with Crippen LogP contribution in [0.1, 0.15) is 40.5 Å². The molecule has 8 nitrogen and oxygen atoms in total. The van der Waals surface area contributed by atoms with Crippen LogP contribution in [0.2, 0.25) is 0 Å². The van der Waals surface area contributed by atoms with Gasteiger partial charge < -0.3 is 10.2 Å². The van der Waals surface area contributed by atoms with Gasteiger partial charge >= 0.3 is 0 Å². The Kier molecular flexibility index (Phi) is 4.12. The molecule has 4 amide bonds. The Labute approximate surface area is 129 Å². The zero-order chi connectivity index (χ0) is 16.7. The number of nitrogens with zero attached hydrogens (tertiary/aromatic N) is 3. The molecule has 2 saturated heterocycles. The molecular formula is C14H22N4O4. The first-order valence-electron chi connectivity index (χ1n) is 7.37. The predicted octanol–water partition coefficient (Wildman–Crippen LogP) is -0.545. The average Bonchev–Trinajstić information content (AvgIpc) is 2.88. The fourth-order valence-corrected chi connectivity index (χ4v) is 3.06. The Morgan fingerprint density at radius 2 is 2.00 bits per heavy atom. The van der Waals surface area contributed by atoms with Gasteiger partial charge in [0.05, 0.1) is 0 Å². The van der Waals surface area contributed by atoms with Crippen molar-refractivity contribution in [2.45, 2.75) is 52.2 Å². The second kappa shape index (κ2) is 5.58. The van der Waals surface area contributed by atoms with Crippen LogP contribution in [-0.2, 0) is 19.2 Å². The van der Waals surface area contributed by atoms with Crippen LogP contribution in [0.4, 0.5) is 0 Å². The maximum atomic E-state index is 12.6. The number of hydrazine groups is 1. The summed E-state index contributed by atoms with van der Waals surface area (Å²) in [5.41, 5.74) is -0.814. The van der Waals surface area contributed by atoms with E-state index < -0.39 is 11.7 Å². The van der Waals surface area contributed by atoms with Gasteiger partial charge in [-0.25, -0.2) is 5.01 Å². The van der Waals surface area contributed by atoms with E-state index in [1.54, 1.807) is 20.8 Å². The highest BCUT2D eigenvalue weighted by molar-refractivity contribution is 5.94. The van der Waals surface area contributed by atoms with Crippen molar-refractivity contribution in [2.24, 2.45) is 0 Å². The van der Waals surface area contributed by atoms with Gasteiger partial charge in [-0.05, 0) is 27.2 Å². The van der Waals surface area contributed by atoms with Crippen LogP contribution >= 0.6 is 0 Å². The number of hydrogen-bond donors (Lipinski definition) is 1. The summed E-state index contributed by atoms with van der Waals surface area (Å²) in [7, 11) is 0. The van der Waals surface area contributed by atoms with Crippen molar-refractivity contribution in [3.63, 3.8) is 0 Å². The SMILES string of the molecule is CC(=O)N(CC(=O)N1C(C)C(=O)NC1(C)C)N1CCCC1=O. The molecule has 0 saturated carbocycles. The Morgan fingerprint density at radius 3 is 2.41 bits per heavy atom. The normalized spacial score (nSPS) is 23.7. The summed E-state index contributed by atoms with van der Waals surface area (Å²) in [6.45, 7) is 6.60. The Hall–Kier alpha value is -2.12. The minimum Gasteiger partial charge on any atom is -0.332 e. The van der Waals surface area contributed by atoms with Crippen molar-refractivity contribution in [3.8, 4) is 0 Å². The van der Waals surface area contributed by atoms with E-state index in [0.717, 1.165) is 0 Å². The highest BCUT2D eigenvalue weighted by atomic mass is 16.2. The maximum absolute atomic E-state index is 12.6. The van der Waals surface area contributed by atoms with Crippen LogP contribution < -0.4 is 5.32 Å². The largest absolute Gasteiger partial charge is 0.332 e. The molecule has 1 atom stereocenters. The molecule has 22 heavy (non-hydrogen) atoms. The Balaban J connectivity index is 2.16. The van der Waals surface area contributed by atoms with Crippen molar-refractivity contribution in [3.05, 3.63) is 0 Å². The van der Waals surface area contributed by atoms with E-state index in [9.17, 15) is 19.2 Å². The van der Waals surface area contributed by atoms with Crippen molar-refractivity contribution < 1.29 is 19.2 Å². The first-order chi connectivity index (χ1) is 10.1. The quantitative estimate of drug-likeness (QED) is 0.758. The van der Waals surface area contributed by atoms with Crippen LogP contribution in [0.3, 0.4) is 0 Å². The summed E-state index contributed by atoms with van der Waals surface area (Å²) in [6, 6.07) is -0.606. The molecule has 1 unspecified atom stereocenters. The number of rotatable bonds is 3. The first kappa shape index (κ1) is 16.3. The summed E-state index contributed by atoms with van der Waals surface area (Å²) < 4.78 is 0. The van der Waals surface area contributed by atoms with E-state index in [1.807, 2.05) is 0 Å². The minimum atomic E-state index is -0.814. The van der Waals surface area contributed by atoms with Gasteiger partial charge in [0.1, 0.15) is 18.2 Å². The molecular weight excluding hydrogens is 288 g/mol. The molecule has 2 aliphatic rings. The Morgan fingerprint density at radius 1 is 1.36 bits per heavy atom. The fraction of sp³-hybridized carbons (Fsp3) is 0.714. The summed E-state index contributed by atoms with van der Waals surface area (Å²) >= 11 is 0. The van der Waals surface area contributed by atoms with E-state index in [4.69, 9.17) is 0 Å². The van der Waals surface area contributed by atoms with Gasteiger partial charge in [-0.3, -0.25) is 24.2 Å². The molecule has 0 aromatic heterocycles. The number of hydrogen-bond acceptors (Lipinski definition) is 4. The van der Waals surface area contributed by atoms with E-state index in [0.29, 0.717) is 19.4 Å². The van der Waals surface area contributed by atoms with Crippen molar-refractivity contribution in [1.29, 1.82) is 0 Å². The number of nitrogens with one attached hydrogen (secondary N) is 1. The summed E-state index contributed by atoms with van der Waals surface area (Å²) in [5.74, 6) is -1.13. The van der Waals surface area contributed by atoms with Crippen molar-refractivity contribution >= 4 is 23.6 Å². The van der Waals surface area contributed by atoms with Gasteiger partial charge in [0.15, 0.2) is 0 Å². The topological polar surface area (TPSA) is 90.0 Å². The van der Waals surface area contributed by atoms with Gasteiger partial charge in [-0.1, -0.05) is 0 Å². The molecule has 2 heterocycles. The summed E-state index contributed by atoms with van der Waals surface area (Å²) in [4.78, 5) is 49.4. The molecule has 2 aliphatic heterocycles. The second-order valence-electron chi connectivity index (χ2n) is 6.19. The second-order valence-corrected chi connectivity index (χ2v) is 6.19. The fourth-order valence-electron chi connectivity index (χ4n) is 3.06. The lowest BCUT2D eigenvalue weighted by atomic mass is 10.2. The molecule has 0 aromatic carbocycles. The molecule has 1 N–H and O–H groups in total. The van der Waals surface area contributed by atoms with Crippen LogP contribution in [0, 0.1) is 0 Å². The zero-order valence-electron chi connectivity index (χ0n) is 13.4. The smallest absolute Gasteiger partial charge is 0.246 e. The van der Waals surface area contributed by atoms with Gasteiger partial charge in [0.2, 0.25) is 23.6 Å². The Bertz CT molecular complexity index is 531. The molecule has 122 valence electrons. The van der Waals surface area contributed by atoms with Crippen LogP contribution in [0.15, 0.2) is 0 Å². The lowest BCUT2D eigenvalue weighted by molar-refractivity contribution is -0.163. The third-order valence-corrected chi connectivity index (χ3v) is 4.06. The summed E-state index contributed by atoms with van der Waals surface area (Å²) in [5, 5.41) is 5.23. The van der Waals surface area contributed by atoms with Crippen LogP contribution in [0.5, 0.6) is 0 Å². The molecule has 0 aromatic rings. The maximum Gasteiger partial charge on any atom is 0.246 e. The van der Waals surface area contributed by atoms with Crippen LogP contribution in [-0.4, -0.2) is 63.3 Å². The highest BCUT2D eigenvalue weighted by Gasteiger charge is 2.46. The molecule has 2 rings (SSSR count). The number of carbonyl (C=O) groups is 4. The molecule has 0 radical (unpaired) electrons. The van der Waals surface area contributed by atoms with Crippen molar-refractivity contribution in [1.82, 2.24) is 20.2 Å². The molecule has 2 fully saturated rings. The first-order valence-corrected chi connectivity index (χ1v) is 7.37. The van der Waals surface area contributed by atoms with Gasteiger partial charge in [0.25, 0.3) is 0 Å². The molecule has 0 spiro atoms. The molecule has 0 aliphatic carbocycles. The van der Waals surface area contributed by atoms with Gasteiger partial charge in [-0.2, -0.15) is 0 Å². The number of amides is 4. The van der Waals surface area contributed by atoms with E-state index in [1.165, 1.54) is 21.8 Å². The third-order valence-electron chi connectivity index (χ3n) is 4.06.